The third kappa shape index (κ3) is 2.83. The van der Waals surface area contributed by atoms with Gasteiger partial charge in [-0.1, -0.05) is 35.4 Å². The summed E-state index contributed by atoms with van der Waals surface area (Å²) in [5, 5.41) is 3.27. The fourth-order valence-corrected chi connectivity index (χ4v) is 2.46. The minimum absolute atomic E-state index is 0.0549. The third-order valence-electron chi connectivity index (χ3n) is 2.84. The van der Waals surface area contributed by atoms with Gasteiger partial charge in [0.05, 0.1) is 11.6 Å². The first kappa shape index (κ1) is 13.3. The van der Waals surface area contributed by atoms with Crippen LogP contribution in [-0.2, 0) is 4.79 Å². The van der Waals surface area contributed by atoms with E-state index in [-0.39, 0.29) is 23.0 Å². The average molecular weight is 286 g/mol. The lowest BCUT2D eigenvalue weighted by Gasteiger charge is -2.13. The van der Waals surface area contributed by atoms with Gasteiger partial charge in [0, 0.05) is 6.04 Å². The molecule has 1 heterocycles. The molecule has 2 rings (SSSR count). The van der Waals surface area contributed by atoms with Crippen LogP contribution in [0, 0.1) is 12.8 Å². The number of hydrogen-bond acceptors (Lipinski definition) is 3. The summed E-state index contributed by atoms with van der Waals surface area (Å²) in [4.78, 5) is 15.9. The highest BCUT2D eigenvalue weighted by molar-refractivity contribution is 6.34. The summed E-state index contributed by atoms with van der Waals surface area (Å²) in [5.74, 6) is -0.348. The first-order valence-electron chi connectivity index (χ1n) is 5.55. The van der Waals surface area contributed by atoms with Gasteiger partial charge in [-0.25, -0.2) is 4.98 Å². The van der Waals surface area contributed by atoms with Gasteiger partial charge >= 0.3 is 0 Å². The maximum Gasteiger partial charge on any atom is 0.231 e. The molecule has 0 saturated heterocycles. The van der Waals surface area contributed by atoms with E-state index in [1.165, 1.54) is 0 Å². The van der Waals surface area contributed by atoms with Crippen LogP contribution in [0.25, 0.3) is 0 Å². The smallest absolute Gasteiger partial charge is 0.231 e. The van der Waals surface area contributed by atoms with Gasteiger partial charge in [0.15, 0.2) is 5.15 Å². The number of aryl methyl sites for hydroxylation is 1. The topological polar surface area (TPSA) is 68.0 Å². The molecule has 3 N–H and O–H groups in total. The molecule has 0 spiro atoms. The highest BCUT2D eigenvalue weighted by atomic mass is 35.5. The molecule has 1 amide bonds. The number of nitrogens with two attached hydrogens (primary N) is 1. The maximum atomic E-state index is 12.0. The predicted molar refractivity (Wildman–Crippen MR) is 72.8 cm³/mol. The van der Waals surface area contributed by atoms with E-state index in [0.29, 0.717) is 17.3 Å². The molecule has 4 nitrogen and oxygen atoms in total. The van der Waals surface area contributed by atoms with Crippen LogP contribution in [0.4, 0.5) is 5.69 Å². The molecular weight excluding hydrogens is 273 g/mol. The number of nitrogens with zero attached hydrogens (tertiary/aromatic N) is 1. The summed E-state index contributed by atoms with van der Waals surface area (Å²) in [7, 11) is 0. The second-order valence-electron chi connectivity index (χ2n) is 4.31. The SMILES string of the molecule is Cc1cc(Cl)nc(Cl)c1NC(=O)C1C=CC(N)C1. The number of nitrogens with one attached hydrogen (secondary N) is 1. The van der Waals surface area contributed by atoms with Crippen molar-refractivity contribution < 1.29 is 4.79 Å². The maximum absolute atomic E-state index is 12.0. The third-order valence-corrected chi connectivity index (χ3v) is 3.31. The van der Waals surface area contributed by atoms with Crippen molar-refractivity contribution in [1.29, 1.82) is 0 Å². The Morgan fingerprint density at radius 3 is 2.78 bits per heavy atom. The van der Waals surface area contributed by atoms with Crippen LogP contribution in [0.5, 0.6) is 0 Å². The van der Waals surface area contributed by atoms with Gasteiger partial charge in [0.1, 0.15) is 5.15 Å². The van der Waals surface area contributed by atoms with Gasteiger partial charge in [0.25, 0.3) is 0 Å². The molecule has 96 valence electrons. The number of hydrogen-bond donors (Lipinski definition) is 2. The fraction of sp³-hybridized carbons (Fsp3) is 0.333. The van der Waals surface area contributed by atoms with E-state index in [1.807, 2.05) is 19.1 Å². The summed E-state index contributed by atoms with van der Waals surface area (Å²) in [6.07, 6.45) is 4.26. The molecule has 0 aliphatic heterocycles. The van der Waals surface area contributed by atoms with Gasteiger partial charge in [-0.15, -0.1) is 0 Å². The van der Waals surface area contributed by atoms with E-state index in [1.54, 1.807) is 6.07 Å². The normalized spacial score (nSPS) is 22.2. The van der Waals surface area contributed by atoms with E-state index in [4.69, 9.17) is 28.9 Å². The van der Waals surface area contributed by atoms with E-state index in [0.717, 1.165) is 5.56 Å². The lowest BCUT2D eigenvalue weighted by molar-refractivity contribution is -0.118. The molecule has 18 heavy (non-hydrogen) atoms. The first-order valence-corrected chi connectivity index (χ1v) is 6.30. The quantitative estimate of drug-likeness (QED) is 0.648. The summed E-state index contributed by atoms with van der Waals surface area (Å²) >= 11 is 11.7. The van der Waals surface area contributed by atoms with Crippen LogP contribution in [0.1, 0.15) is 12.0 Å². The molecule has 1 aliphatic rings. The summed E-state index contributed by atoms with van der Waals surface area (Å²) in [5.41, 5.74) is 6.99. The summed E-state index contributed by atoms with van der Waals surface area (Å²) in [6, 6.07) is 1.60. The second kappa shape index (κ2) is 5.26. The highest BCUT2D eigenvalue weighted by Crippen LogP contribution is 2.28. The lowest BCUT2D eigenvalue weighted by Crippen LogP contribution is -2.24. The van der Waals surface area contributed by atoms with Crippen molar-refractivity contribution in [3.8, 4) is 0 Å². The van der Waals surface area contributed by atoms with Gasteiger partial charge in [-0.3, -0.25) is 4.79 Å². The van der Waals surface area contributed by atoms with Crippen LogP contribution in [0.2, 0.25) is 10.3 Å². The van der Waals surface area contributed by atoms with Crippen molar-refractivity contribution in [2.24, 2.45) is 11.7 Å². The number of aromatic nitrogens is 1. The van der Waals surface area contributed by atoms with Crippen LogP contribution in [0.3, 0.4) is 0 Å². The number of amides is 1. The number of pyridine rings is 1. The molecule has 1 aromatic rings. The van der Waals surface area contributed by atoms with Crippen molar-refractivity contribution >= 4 is 34.8 Å². The van der Waals surface area contributed by atoms with Crippen molar-refractivity contribution in [3.63, 3.8) is 0 Å². The van der Waals surface area contributed by atoms with Gasteiger partial charge < -0.3 is 11.1 Å². The highest BCUT2D eigenvalue weighted by Gasteiger charge is 2.23. The number of rotatable bonds is 2. The molecule has 2 unspecified atom stereocenters. The Labute approximate surface area is 115 Å². The molecule has 1 aromatic heterocycles. The van der Waals surface area contributed by atoms with Crippen LogP contribution in [0.15, 0.2) is 18.2 Å². The molecule has 0 bridgehead atoms. The average Bonchev–Trinajstić information content (AvgIpc) is 2.70. The Balaban J connectivity index is 2.15. The van der Waals surface area contributed by atoms with E-state index >= 15 is 0 Å². The Hall–Kier alpha value is -1.10. The zero-order chi connectivity index (χ0) is 13.3. The van der Waals surface area contributed by atoms with Gasteiger partial charge in [0.2, 0.25) is 5.91 Å². The summed E-state index contributed by atoms with van der Waals surface area (Å²) in [6.45, 7) is 1.81. The summed E-state index contributed by atoms with van der Waals surface area (Å²) < 4.78 is 0. The Bertz CT molecular complexity index is 493. The van der Waals surface area contributed by atoms with Crippen LogP contribution >= 0.6 is 23.2 Å². The van der Waals surface area contributed by atoms with Gasteiger partial charge in [-0.05, 0) is 25.0 Å². The minimum Gasteiger partial charge on any atom is -0.324 e. The standard InChI is InChI=1S/C12H13Cl2N3O/c1-6-4-9(13)16-11(14)10(6)17-12(18)7-2-3-8(15)5-7/h2-4,7-8H,5,15H2,1H3,(H,17,18). The monoisotopic (exact) mass is 285 g/mol. The van der Waals surface area contributed by atoms with E-state index < -0.39 is 0 Å². The Kier molecular flexibility index (Phi) is 3.90. The zero-order valence-electron chi connectivity index (χ0n) is 9.78. The van der Waals surface area contributed by atoms with Gasteiger partial charge in [-0.2, -0.15) is 0 Å². The van der Waals surface area contributed by atoms with Crippen molar-refractivity contribution in [2.75, 3.05) is 5.32 Å². The lowest BCUT2D eigenvalue weighted by atomic mass is 10.1. The molecule has 0 radical (unpaired) electrons. The second-order valence-corrected chi connectivity index (χ2v) is 5.05. The molecule has 0 fully saturated rings. The molecule has 1 aliphatic carbocycles. The van der Waals surface area contributed by atoms with Crippen LogP contribution in [-0.4, -0.2) is 16.9 Å². The molecule has 0 saturated carbocycles. The minimum atomic E-state index is -0.217. The Morgan fingerprint density at radius 2 is 2.22 bits per heavy atom. The Morgan fingerprint density at radius 1 is 1.50 bits per heavy atom. The zero-order valence-corrected chi connectivity index (χ0v) is 11.3. The van der Waals surface area contributed by atoms with Crippen molar-refractivity contribution in [3.05, 3.63) is 34.1 Å². The molecule has 2 atom stereocenters. The van der Waals surface area contributed by atoms with Crippen molar-refractivity contribution in [2.45, 2.75) is 19.4 Å². The number of carbonyl (C=O) groups excluding carboxylic acids is 1. The van der Waals surface area contributed by atoms with E-state index in [9.17, 15) is 4.79 Å². The number of anilines is 1. The van der Waals surface area contributed by atoms with Crippen LogP contribution < -0.4 is 11.1 Å². The molecular formula is C12H13Cl2N3O. The molecule has 6 heteroatoms. The first-order chi connectivity index (χ1) is 8.47. The predicted octanol–water partition coefficient (Wildman–Crippen LogP) is 2.54. The molecule has 0 aromatic carbocycles. The number of carbonyl (C=O) groups is 1. The van der Waals surface area contributed by atoms with Crippen molar-refractivity contribution in [1.82, 2.24) is 4.98 Å². The fourth-order valence-electron chi connectivity index (χ4n) is 1.88. The van der Waals surface area contributed by atoms with E-state index in [2.05, 4.69) is 10.3 Å². The number of halogens is 2. The largest absolute Gasteiger partial charge is 0.324 e.